The largest absolute Gasteiger partial charge is 0.491 e. The summed E-state index contributed by atoms with van der Waals surface area (Å²) < 4.78 is 16.5. The lowest BCUT2D eigenvalue weighted by Gasteiger charge is -2.24. The number of carboxylic acid groups (broad SMARTS) is 1. The van der Waals surface area contributed by atoms with Gasteiger partial charge >= 0.3 is 5.97 Å². The number of aliphatic carboxylic acids is 1. The van der Waals surface area contributed by atoms with Crippen molar-refractivity contribution in [1.82, 2.24) is 5.32 Å². The first-order valence-electron chi connectivity index (χ1n) is 9.25. The van der Waals surface area contributed by atoms with Gasteiger partial charge in [-0.3, -0.25) is 0 Å². The van der Waals surface area contributed by atoms with Crippen LogP contribution in [-0.4, -0.2) is 54.2 Å². The van der Waals surface area contributed by atoms with Gasteiger partial charge in [-0.25, -0.2) is 4.79 Å². The van der Waals surface area contributed by atoms with E-state index < -0.39 is 18.2 Å². The van der Waals surface area contributed by atoms with Crippen molar-refractivity contribution in [3.05, 3.63) is 54.1 Å². The van der Waals surface area contributed by atoms with Crippen LogP contribution < -0.4 is 19.5 Å². The van der Waals surface area contributed by atoms with E-state index in [1.54, 1.807) is 6.07 Å². The maximum atomic E-state index is 11.0. The maximum Gasteiger partial charge on any atom is 0.348 e. The molecular formula is C21H25NO6. The van der Waals surface area contributed by atoms with Crippen molar-refractivity contribution in [2.45, 2.75) is 31.6 Å². The summed E-state index contributed by atoms with van der Waals surface area (Å²) in [6, 6.07) is 15.0. The summed E-state index contributed by atoms with van der Waals surface area (Å²) >= 11 is 0. The van der Waals surface area contributed by atoms with Crippen molar-refractivity contribution in [2.75, 3.05) is 19.8 Å². The average Bonchev–Trinajstić information content (AvgIpc) is 2.71. The Morgan fingerprint density at radius 3 is 2.79 bits per heavy atom. The van der Waals surface area contributed by atoms with E-state index in [9.17, 15) is 9.90 Å². The molecule has 0 amide bonds. The minimum absolute atomic E-state index is 0.00675. The second-order valence-corrected chi connectivity index (χ2v) is 6.83. The van der Waals surface area contributed by atoms with E-state index in [1.807, 2.05) is 49.4 Å². The molecule has 3 N–H and O–H groups in total. The van der Waals surface area contributed by atoms with Crippen LogP contribution in [0, 0.1) is 0 Å². The molecule has 0 aliphatic carbocycles. The van der Waals surface area contributed by atoms with E-state index in [0.29, 0.717) is 18.0 Å². The van der Waals surface area contributed by atoms with Crippen LogP contribution in [0.15, 0.2) is 48.5 Å². The molecule has 150 valence electrons. The first-order valence-corrected chi connectivity index (χ1v) is 9.25. The second-order valence-electron chi connectivity index (χ2n) is 6.83. The molecule has 1 unspecified atom stereocenters. The number of fused-ring (bicyclic) bond motifs is 1. The summed E-state index contributed by atoms with van der Waals surface area (Å²) in [5.74, 6) is 0.688. The highest BCUT2D eigenvalue weighted by molar-refractivity contribution is 5.73. The molecular weight excluding hydrogens is 362 g/mol. The SMILES string of the molecule is C[C@H](Cc1ccc2c(c1)OCC(C(=O)O)O2)NC[C@H](O)COc1ccccc1. The number of nitrogens with one attached hydrogen (secondary N) is 1. The zero-order valence-electron chi connectivity index (χ0n) is 15.7. The number of para-hydroxylation sites is 1. The maximum absolute atomic E-state index is 11.0. The molecule has 7 heteroatoms. The Morgan fingerprint density at radius 1 is 1.25 bits per heavy atom. The van der Waals surface area contributed by atoms with Gasteiger partial charge in [0.05, 0.1) is 0 Å². The monoisotopic (exact) mass is 387 g/mol. The molecule has 3 atom stereocenters. The predicted octanol–water partition coefficient (Wildman–Crippen LogP) is 1.87. The summed E-state index contributed by atoms with van der Waals surface area (Å²) in [7, 11) is 0. The van der Waals surface area contributed by atoms with Crippen molar-refractivity contribution < 1.29 is 29.2 Å². The molecule has 3 rings (SSSR count). The molecule has 2 aromatic carbocycles. The third kappa shape index (κ3) is 5.61. The number of ether oxygens (including phenoxy) is 3. The molecule has 0 bridgehead atoms. The van der Waals surface area contributed by atoms with Gasteiger partial charge in [0.15, 0.2) is 11.5 Å². The Labute approximate surface area is 163 Å². The zero-order valence-corrected chi connectivity index (χ0v) is 15.7. The molecule has 1 heterocycles. The lowest BCUT2D eigenvalue weighted by molar-refractivity contribution is -0.147. The van der Waals surface area contributed by atoms with Gasteiger partial charge in [-0.1, -0.05) is 24.3 Å². The smallest absolute Gasteiger partial charge is 0.348 e. The quantitative estimate of drug-likeness (QED) is 0.604. The number of hydrogen-bond acceptors (Lipinski definition) is 6. The van der Waals surface area contributed by atoms with E-state index in [1.165, 1.54) is 0 Å². The fourth-order valence-corrected chi connectivity index (χ4v) is 2.90. The molecule has 7 nitrogen and oxygen atoms in total. The number of hydrogen-bond donors (Lipinski definition) is 3. The van der Waals surface area contributed by atoms with Crippen LogP contribution in [-0.2, 0) is 11.2 Å². The molecule has 0 saturated carbocycles. The molecule has 0 fully saturated rings. The fraction of sp³-hybridized carbons (Fsp3) is 0.381. The molecule has 2 aromatic rings. The highest BCUT2D eigenvalue weighted by Gasteiger charge is 2.27. The van der Waals surface area contributed by atoms with Gasteiger partial charge in [0.2, 0.25) is 6.10 Å². The minimum atomic E-state index is -1.04. The van der Waals surface area contributed by atoms with Crippen LogP contribution in [0.25, 0.3) is 0 Å². The number of aliphatic hydroxyl groups is 1. The van der Waals surface area contributed by atoms with Crippen molar-refractivity contribution in [2.24, 2.45) is 0 Å². The van der Waals surface area contributed by atoms with Crippen LogP contribution in [0.3, 0.4) is 0 Å². The Balaban J connectivity index is 1.43. The van der Waals surface area contributed by atoms with Crippen LogP contribution in [0.2, 0.25) is 0 Å². The van der Waals surface area contributed by atoms with Crippen LogP contribution in [0.4, 0.5) is 0 Å². The zero-order chi connectivity index (χ0) is 19.9. The highest BCUT2D eigenvalue weighted by atomic mass is 16.6. The van der Waals surface area contributed by atoms with Crippen LogP contribution in [0.5, 0.6) is 17.2 Å². The predicted molar refractivity (Wildman–Crippen MR) is 103 cm³/mol. The Morgan fingerprint density at radius 2 is 2.04 bits per heavy atom. The second kappa shape index (κ2) is 9.43. The number of carbonyl (C=O) groups is 1. The van der Waals surface area contributed by atoms with Gasteiger partial charge in [0.25, 0.3) is 0 Å². The topological polar surface area (TPSA) is 97.3 Å². The van der Waals surface area contributed by atoms with Crippen LogP contribution in [0.1, 0.15) is 12.5 Å². The normalized spacial score (nSPS) is 17.6. The molecule has 1 aliphatic rings. The summed E-state index contributed by atoms with van der Waals surface area (Å²) in [4.78, 5) is 11.0. The fourth-order valence-electron chi connectivity index (χ4n) is 2.90. The molecule has 0 saturated heterocycles. The molecule has 0 spiro atoms. The van der Waals surface area contributed by atoms with Crippen molar-refractivity contribution in [1.29, 1.82) is 0 Å². The number of benzene rings is 2. The molecule has 1 aliphatic heterocycles. The van der Waals surface area contributed by atoms with E-state index in [4.69, 9.17) is 19.3 Å². The number of rotatable bonds is 9. The van der Waals surface area contributed by atoms with E-state index in [2.05, 4.69) is 5.32 Å². The third-order valence-corrected chi connectivity index (χ3v) is 4.37. The van der Waals surface area contributed by atoms with Crippen molar-refractivity contribution in [3.63, 3.8) is 0 Å². The summed E-state index contributed by atoms with van der Waals surface area (Å²) in [6.45, 7) is 2.66. The third-order valence-electron chi connectivity index (χ3n) is 4.37. The van der Waals surface area contributed by atoms with Gasteiger partial charge in [-0.15, -0.1) is 0 Å². The van der Waals surface area contributed by atoms with Crippen LogP contribution >= 0.6 is 0 Å². The van der Waals surface area contributed by atoms with Gasteiger partial charge in [-0.2, -0.15) is 0 Å². The first kappa shape index (κ1) is 20.0. The van der Waals surface area contributed by atoms with E-state index >= 15 is 0 Å². The van der Waals surface area contributed by atoms with E-state index in [0.717, 1.165) is 17.7 Å². The lowest BCUT2D eigenvalue weighted by atomic mass is 10.1. The van der Waals surface area contributed by atoms with Gasteiger partial charge < -0.3 is 29.7 Å². The van der Waals surface area contributed by atoms with Gasteiger partial charge in [-0.05, 0) is 43.2 Å². The van der Waals surface area contributed by atoms with Gasteiger partial charge in [0, 0.05) is 12.6 Å². The van der Waals surface area contributed by atoms with Crippen molar-refractivity contribution >= 4 is 5.97 Å². The summed E-state index contributed by atoms with van der Waals surface area (Å²) in [6.07, 6.45) is -0.861. The Bertz CT molecular complexity index is 782. The van der Waals surface area contributed by atoms with Gasteiger partial charge in [0.1, 0.15) is 25.1 Å². The van der Waals surface area contributed by atoms with E-state index in [-0.39, 0.29) is 19.3 Å². The first-order chi connectivity index (χ1) is 13.5. The molecule has 28 heavy (non-hydrogen) atoms. The molecule has 0 radical (unpaired) electrons. The molecule has 0 aromatic heterocycles. The summed E-state index contributed by atoms with van der Waals surface area (Å²) in [5, 5.41) is 22.4. The lowest BCUT2D eigenvalue weighted by Crippen LogP contribution is -2.37. The van der Waals surface area contributed by atoms with Crippen molar-refractivity contribution in [3.8, 4) is 17.2 Å². The Kier molecular flexibility index (Phi) is 6.73. The standard InChI is InChI=1S/C21H25NO6/c1-14(22-11-16(23)12-26-17-5-3-2-4-6-17)9-15-7-8-18-19(10-15)27-13-20(28-18)21(24)25/h2-8,10,14,16,20,22-23H,9,11-13H2,1H3,(H,24,25)/t14-,16+,20?/m1/s1. The highest BCUT2D eigenvalue weighted by Crippen LogP contribution is 2.33. The number of aliphatic hydroxyl groups excluding tert-OH is 1. The number of carboxylic acids is 1. The summed E-state index contributed by atoms with van der Waals surface area (Å²) in [5.41, 5.74) is 1.03. The Hall–Kier alpha value is -2.77. The minimum Gasteiger partial charge on any atom is -0.491 e. The average molecular weight is 387 g/mol.